The summed E-state index contributed by atoms with van der Waals surface area (Å²) in [5.74, 6) is -1.64. The van der Waals surface area contributed by atoms with Crippen LogP contribution in [0.25, 0.3) is 0 Å². The topological polar surface area (TPSA) is 56.0 Å². The number of hydrogen-bond donors (Lipinski definition) is 2. The Kier molecular flexibility index (Phi) is 4.73. The highest BCUT2D eigenvalue weighted by Crippen LogP contribution is 2.25. The molecule has 21 heavy (non-hydrogen) atoms. The molecular weight excluding hydrogens is 298 g/mol. The number of hydrogen-bond acceptors (Lipinski definition) is 3. The third-order valence-electron chi connectivity index (χ3n) is 2.91. The SMILES string of the molecule is N#Cc1ccc(Cl)c(NCC(O)c2c(F)cccc2F)c1. The first-order valence-corrected chi connectivity index (χ1v) is 6.46. The van der Waals surface area contributed by atoms with Crippen molar-refractivity contribution in [2.24, 2.45) is 0 Å². The van der Waals surface area contributed by atoms with Gasteiger partial charge in [0, 0.05) is 6.54 Å². The van der Waals surface area contributed by atoms with E-state index in [4.69, 9.17) is 16.9 Å². The number of aliphatic hydroxyl groups excluding tert-OH is 1. The van der Waals surface area contributed by atoms with E-state index in [1.807, 2.05) is 6.07 Å². The molecule has 6 heteroatoms. The van der Waals surface area contributed by atoms with E-state index in [1.165, 1.54) is 18.2 Å². The second kappa shape index (κ2) is 6.53. The van der Waals surface area contributed by atoms with Crippen molar-refractivity contribution >= 4 is 17.3 Å². The van der Waals surface area contributed by atoms with Gasteiger partial charge < -0.3 is 10.4 Å². The lowest BCUT2D eigenvalue weighted by Crippen LogP contribution is -2.15. The minimum atomic E-state index is -1.38. The smallest absolute Gasteiger partial charge is 0.132 e. The van der Waals surface area contributed by atoms with Crippen molar-refractivity contribution in [1.82, 2.24) is 0 Å². The van der Waals surface area contributed by atoms with Crippen LogP contribution < -0.4 is 5.32 Å². The van der Waals surface area contributed by atoms with Crippen molar-refractivity contribution in [3.05, 3.63) is 64.2 Å². The zero-order chi connectivity index (χ0) is 15.4. The summed E-state index contributed by atoms with van der Waals surface area (Å²) in [6.07, 6.45) is -1.38. The second-order valence-electron chi connectivity index (χ2n) is 4.34. The minimum absolute atomic E-state index is 0.146. The van der Waals surface area contributed by atoms with Gasteiger partial charge in [-0.3, -0.25) is 0 Å². The average molecular weight is 309 g/mol. The van der Waals surface area contributed by atoms with Crippen LogP contribution in [0.15, 0.2) is 36.4 Å². The molecular formula is C15H11ClF2N2O. The fourth-order valence-corrected chi connectivity index (χ4v) is 2.05. The summed E-state index contributed by atoms with van der Waals surface area (Å²) in [6.45, 7) is -0.146. The molecule has 0 saturated heterocycles. The maximum absolute atomic E-state index is 13.5. The Labute approximate surface area is 125 Å². The number of benzene rings is 2. The zero-order valence-electron chi connectivity index (χ0n) is 10.8. The number of nitrogens with one attached hydrogen (secondary N) is 1. The van der Waals surface area contributed by atoms with Gasteiger partial charge in [-0.15, -0.1) is 0 Å². The average Bonchev–Trinajstić information content (AvgIpc) is 2.46. The van der Waals surface area contributed by atoms with Crippen LogP contribution >= 0.6 is 11.6 Å². The van der Waals surface area contributed by atoms with Gasteiger partial charge in [-0.1, -0.05) is 17.7 Å². The van der Waals surface area contributed by atoms with E-state index in [-0.39, 0.29) is 6.54 Å². The third kappa shape index (κ3) is 3.48. The number of halogens is 3. The summed E-state index contributed by atoms with van der Waals surface area (Å²) in [4.78, 5) is 0. The first kappa shape index (κ1) is 15.2. The van der Waals surface area contributed by atoms with Crippen LogP contribution in [0.3, 0.4) is 0 Å². The van der Waals surface area contributed by atoms with Crippen LogP contribution in [0, 0.1) is 23.0 Å². The summed E-state index contributed by atoms with van der Waals surface area (Å²) in [6, 6.07) is 9.88. The zero-order valence-corrected chi connectivity index (χ0v) is 11.5. The molecule has 0 saturated carbocycles. The Bertz CT molecular complexity index is 680. The van der Waals surface area contributed by atoms with Crippen molar-refractivity contribution in [1.29, 1.82) is 5.26 Å². The molecule has 0 heterocycles. The molecule has 0 aliphatic carbocycles. The third-order valence-corrected chi connectivity index (χ3v) is 3.24. The van der Waals surface area contributed by atoms with E-state index in [1.54, 1.807) is 6.07 Å². The van der Waals surface area contributed by atoms with E-state index >= 15 is 0 Å². The Morgan fingerprint density at radius 3 is 2.52 bits per heavy atom. The second-order valence-corrected chi connectivity index (χ2v) is 4.75. The minimum Gasteiger partial charge on any atom is -0.386 e. The molecule has 0 radical (unpaired) electrons. The van der Waals surface area contributed by atoms with E-state index < -0.39 is 23.3 Å². The Balaban J connectivity index is 2.15. The summed E-state index contributed by atoms with van der Waals surface area (Å²) in [5.41, 5.74) is 0.387. The molecule has 0 bridgehead atoms. The number of nitriles is 1. The molecule has 0 aliphatic rings. The van der Waals surface area contributed by atoms with Gasteiger partial charge in [-0.05, 0) is 30.3 Å². The summed E-state index contributed by atoms with van der Waals surface area (Å²) in [5, 5.41) is 21.8. The van der Waals surface area contributed by atoms with Gasteiger partial charge in [-0.2, -0.15) is 5.26 Å². The molecule has 0 fully saturated rings. The maximum atomic E-state index is 13.5. The Morgan fingerprint density at radius 1 is 1.24 bits per heavy atom. The van der Waals surface area contributed by atoms with Crippen molar-refractivity contribution < 1.29 is 13.9 Å². The fourth-order valence-electron chi connectivity index (χ4n) is 1.87. The van der Waals surface area contributed by atoms with Crippen molar-refractivity contribution in [2.75, 3.05) is 11.9 Å². The quantitative estimate of drug-likeness (QED) is 0.906. The van der Waals surface area contributed by atoms with Crippen LogP contribution in [0.5, 0.6) is 0 Å². The summed E-state index contributed by atoms with van der Waals surface area (Å²) >= 11 is 5.94. The molecule has 2 aromatic rings. The van der Waals surface area contributed by atoms with Crippen LogP contribution in [-0.2, 0) is 0 Å². The first-order chi connectivity index (χ1) is 10.0. The number of rotatable bonds is 4. The van der Waals surface area contributed by atoms with Gasteiger partial charge in [0.15, 0.2) is 0 Å². The van der Waals surface area contributed by atoms with Gasteiger partial charge >= 0.3 is 0 Å². The molecule has 0 aliphatic heterocycles. The molecule has 2 N–H and O–H groups in total. The summed E-state index contributed by atoms with van der Waals surface area (Å²) in [7, 11) is 0. The molecule has 108 valence electrons. The van der Waals surface area contributed by atoms with E-state index in [0.29, 0.717) is 16.3 Å². The Morgan fingerprint density at radius 2 is 1.90 bits per heavy atom. The largest absolute Gasteiger partial charge is 0.386 e. The van der Waals surface area contributed by atoms with Gasteiger partial charge in [-0.25, -0.2) is 8.78 Å². The van der Waals surface area contributed by atoms with Crippen molar-refractivity contribution in [3.8, 4) is 6.07 Å². The van der Waals surface area contributed by atoms with Gasteiger partial charge in [0.25, 0.3) is 0 Å². The van der Waals surface area contributed by atoms with Crippen molar-refractivity contribution in [2.45, 2.75) is 6.10 Å². The maximum Gasteiger partial charge on any atom is 0.132 e. The molecule has 1 unspecified atom stereocenters. The van der Waals surface area contributed by atoms with E-state index in [9.17, 15) is 13.9 Å². The molecule has 0 aromatic heterocycles. The standard InChI is InChI=1S/C15H11ClF2N2O/c16-10-5-4-9(7-19)6-13(10)20-8-14(21)15-11(17)2-1-3-12(15)18/h1-6,14,20-21H,8H2. The highest BCUT2D eigenvalue weighted by atomic mass is 35.5. The van der Waals surface area contributed by atoms with Crippen LogP contribution in [-0.4, -0.2) is 11.7 Å². The predicted molar refractivity (Wildman–Crippen MR) is 76.0 cm³/mol. The van der Waals surface area contributed by atoms with Gasteiger partial charge in [0.2, 0.25) is 0 Å². The highest BCUT2D eigenvalue weighted by Gasteiger charge is 2.17. The van der Waals surface area contributed by atoms with Crippen LogP contribution in [0.2, 0.25) is 5.02 Å². The number of nitrogens with zero attached hydrogens (tertiary/aromatic N) is 1. The van der Waals surface area contributed by atoms with E-state index in [2.05, 4.69) is 5.32 Å². The van der Waals surface area contributed by atoms with E-state index in [0.717, 1.165) is 12.1 Å². The summed E-state index contributed by atoms with van der Waals surface area (Å²) < 4.78 is 27.1. The molecule has 3 nitrogen and oxygen atoms in total. The van der Waals surface area contributed by atoms with Gasteiger partial charge in [0.05, 0.1) is 27.9 Å². The van der Waals surface area contributed by atoms with Crippen LogP contribution in [0.1, 0.15) is 17.2 Å². The number of anilines is 1. The fraction of sp³-hybridized carbons (Fsp3) is 0.133. The Hall–Kier alpha value is -2.16. The molecule has 0 spiro atoms. The lowest BCUT2D eigenvalue weighted by molar-refractivity contribution is 0.181. The number of aliphatic hydroxyl groups is 1. The normalized spacial score (nSPS) is 11.8. The molecule has 0 amide bonds. The lowest BCUT2D eigenvalue weighted by Gasteiger charge is -2.15. The monoisotopic (exact) mass is 308 g/mol. The lowest BCUT2D eigenvalue weighted by atomic mass is 10.1. The van der Waals surface area contributed by atoms with Crippen molar-refractivity contribution in [3.63, 3.8) is 0 Å². The predicted octanol–water partition coefficient (Wildman–Crippen LogP) is 3.64. The molecule has 2 aromatic carbocycles. The van der Waals surface area contributed by atoms with Crippen LogP contribution in [0.4, 0.5) is 14.5 Å². The highest BCUT2D eigenvalue weighted by molar-refractivity contribution is 6.33. The molecule has 1 atom stereocenters. The molecule has 2 rings (SSSR count). The first-order valence-electron chi connectivity index (χ1n) is 6.08. The van der Waals surface area contributed by atoms with Gasteiger partial charge in [0.1, 0.15) is 17.7 Å².